The predicted octanol–water partition coefficient (Wildman–Crippen LogP) is 5.75. The molecule has 0 radical (unpaired) electrons. The van der Waals surface area contributed by atoms with Crippen LogP contribution in [0.4, 0.5) is 13.2 Å². The summed E-state index contributed by atoms with van der Waals surface area (Å²) >= 11 is 5.89. The molecule has 0 fully saturated rings. The van der Waals surface area contributed by atoms with Gasteiger partial charge < -0.3 is 9.47 Å². The topological polar surface area (TPSA) is 44.2 Å². The molecule has 3 aromatic rings. The maximum atomic E-state index is 12.9. The lowest BCUT2D eigenvalue weighted by atomic mass is 10.2. The molecule has 0 atom stereocenters. The van der Waals surface area contributed by atoms with Crippen LogP contribution in [0.25, 0.3) is 11.4 Å². The van der Waals surface area contributed by atoms with Crippen LogP contribution in [-0.4, -0.2) is 17.1 Å². The summed E-state index contributed by atoms with van der Waals surface area (Å²) < 4.78 is 49.3. The highest BCUT2D eigenvalue weighted by molar-refractivity contribution is 6.30. The van der Waals surface area contributed by atoms with Crippen LogP contribution in [0.2, 0.25) is 5.02 Å². The predicted molar refractivity (Wildman–Crippen MR) is 94.7 cm³/mol. The summed E-state index contributed by atoms with van der Waals surface area (Å²) in [5.74, 6) is 0.485. The van der Waals surface area contributed by atoms with E-state index in [0.717, 1.165) is 12.1 Å². The molecule has 1 heterocycles. The maximum Gasteiger partial charge on any atom is 0.416 e. The summed E-state index contributed by atoms with van der Waals surface area (Å²) in [7, 11) is 1.51. The SMILES string of the molecule is COCc1cc(Oc2cccc(C(F)(F)F)c2)nc(-c2ccc(Cl)cc2)n1. The lowest BCUT2D eigenvalue weighted by molar-refractivity contribution is -0.137. The van der Waals surface area contributed by atoms with E-state index in [1.165, 1.54) is 25.3 Å². The van der Waals surface area contributed by atoms with Crippen molar-refractivity contribution in [3.8, 4) is 23.0 Å². The number of rotatable bonds is 5. The highest BCUT2D eigenvalue weighted by Crippen LogP contribution is 2.33. The van der Waals surface area contributed by atoms with Crippen LogP contribution in [0, 0.1) is 0 Å². The number of aromatic nitrogens is 2. The molecule has 0 aliphatic rings. The van der Waals surface area contributed by atoms with Crippen molar-refractivity contribution in [1.29, 1.82) is 0 Å². The third-order valence-corrected chi connectivity index (χ3v) is 3.79. The van der Waals surface area contributed by atoms with Gasteiger partial charge in [0.25, 0.3) is 0 Å². The first-order valence-corrected chi connectivity index (χ1v) is 8.21. The van der Waals surface area contributed by atoms with Crippen molar-refractivity contribution < 1.29 is 22.6 Å². The Balaban J connectivity index is 1.96. The van der Waals surface area contributed by atoms with Crippen molar-refractivity contribution in [3.63, 3.8) is 0 Å². The summed E-state index contributed by atoms with van der Waals surface area (Å²) in [5, 5.41) is 0.562. The molecule has 1 aromatic heterocycles. The Hall–Kier alpha value is -2.64. The first-order valence-electron chi connectivity index (χ1n) is 7.83. The van der Waals surface area contributed by atoms with Gasteiger partial charge in [-0.25, -0.2) is 4.98 Å². The summed E-state index contributed by atoms with van der Waals surface area (Å²) in [6.45, 7) is 0.196. The molecule has 0 unspecified atom stereocenters. The number of halogens is 4. The minimum atomic E-state index is -4.46. The molecule has 0 N–H and O–H groups in total. The number of methoxy groups -OCH3 is 1. The third kappa shape index (κ3) is 4.96. The van der Waals surface area contributed by atoms with Gasteiger partial charge in [0.1, 0.15) is 5.75 Å². The average Bonchev–Trinajstić information content (AvgIpc) is 2.62. The van der Waals surface area contributed by atoms with Crippen molar-refractivity contribution in [2.75, 3.05) is 7.11 Å². The molecular weight excluding hydrogens is 381 g/mol. The highest BCUT2D eigenvalue weighted by atomic mass is 35.5. The van der Waals surface area contributed by atoms with Crippen molar-refractivity contribution >= 4 is 11.6 Å². The fraction of sp³-hybridized carbons (Fsp3) is 0.158. The van der Waals surface area contributed by atoms with Crippen LogP contribution >= 0.6 is 11.6 Å². The van der Waals surface area contributed by atoms with E-state index in [2.05, 4.69) is 9.97 Å². The number of hydrogen-bond donors (Lipinski definition) is 0. The van der Waals surface area contributed by atoms with Gasteiger partial charge in [0.05, 0.1) is 17.9 Å². The number of hydrogen-bond acceptors (Lipinski definition) is 4. The van der Waals surface area contributed by atoms with Crippen molar-refractivity contribution in [1.82, 2.24) is 9.97 Å². The van der Waals surface area contributed by atoms with Gasteiger partial charge in [-0.15, -0.1) is 0 Å². The van der Waals surface area contributed by atoms with E-state index in [9.17, 15) is 13.2 Å². The third-order valence-electron chi connectivity index (χ3n) is 3.53. The van der Waals surface area contributed by atoms with Gasteiger partial charge in [-0.1, -0.05) is 17.7 Å². The molecule has 3 rings (SSSR count). The van der Waals surface area contributed by atoms with Gasteiger partial charge in [0.15, 0.2) is 5.82 Å². The lowest BCUT2D eigenvalue weighted by Gasteiger charge is -2.11. The minimum Gasteiger partial charge on any atom is -0.439 e. The standard InChI is InChI=1S/C19H14ClF3N2O2/c1-26-11-15-10-17(25-18(24-15)12-5-7-14(20)8-6-12)27-16-4-2-3-13(9-16)19(21,22)23/h2-10H,11H2,1H3. The maximum absolute atomic E-state index is 12.9. The smallest absolute Gasteiger partial charge is 0.416 e. The molecule has 4 nitrogen and oxygen atoms in total. The number of nitrogens with zero attached hydrogens (tertiary/aromatic N) is 2. The van der Waals surface area contributed by atoms with E-state index >= 15 is 0 Å². The van der Waals surface area contributed by atoms with Gasteiger partial charge in [-0.3, -0.25) is 0 Å². The van der Waals surface area contributed by atoms with E-state index in [1.54, 1.807) is 24.3 Å². The van der Waals surface area contributed by atoms with E-state index in [1.807, 2.05) is 0 Å². The van der Waals surface area contributed by atoms with E-state index in [0.29, 0.717) is 22.1 Å². The van der Waals surface area contributed by atoms with Gasteiger partial charge >= 0.3 is 6.18 Å². The summed E-state index contributed by atoms with van der Waals surface area (Å²) in [5.41, 5.74) is 0.412. The van der Waals surface area contributed by atoms with Crippen LogP contribution in [0.5, 0.6) is 11.6 Å². The Labute approximate surface area is 158 Å². The molecule has 0 bridgehead atoms. The minimum absolute atomic E-state index is 0.0222. The molecule has 0 aliphatic heterocycles. The summed E-state index contributed by atoms with van der Waals surface area (Å²) in [6, 6.07) is 13.0. The first kappa shape index (κ1) is 19.1. The quantitative estimate of drug-likeness (QED) is 0.552. The second-order valence-corrected chi connectivity index (χ2v) is 6.03. The van der Waals surface area contributed by atoms with Gasteiger partial charge in [0, 0.05) is 23.8 Å². The zero-order valence-electron chi connectivity index (χ0n) is 14.1. The second-order valence-electron chi connectivity index (χ2n) is 5.59. The van der Waals surface area contributed by atoms with Crippen molar-refractivity contribution in [3.05, 3.63) is 70.9 Å². The molecule has 8 heteroatoms. The molecule has 2 aromatic carbocycles. The van der Waals surface area contributed by atoms with Crippen LogP contribution in [-0.2, 0) is 17.5 Å². The van der Waals surface area contributed by atoms with Gasteiger partial charge in [0.2, 0.25) is 5.88 Å². The fourth-order valence-corrected chi connectivity index (χ4v) is 2.46. The number of ether oxygens (including phenoxy) is 2. The highest BCUT2D eigenvalue weighted by Gasteiger charge is 2.30. The van der Waals surface area contributed by atoms with Gasteiger partial charge in [-0.2, -0.15) is 18.2 Å². The van der Waals surface area contributed by atoms with Gasteiger partial charge in [-0.05, 0) is 42.5 Å². The monoisotopic (exact) mass is 394 g/mol. The molecule has 0 aliphatic carbocycles. The Morgan fingerprint density at radius 1 is 1.00 bits per heavy atom. The van der Waals surface area contributed by atoms with E-state index in [4.69, 9.17) is 21.1 Å². The number of alkyl halides is 3. The normalized spacial score (nSPS) is 11.4. The molecule has 27 heavy (non-hydrogen) atoms. The van der Waals surface area contributed by atoms with Crippen LogP contribution in [0.15, 0.2) is 54.6 Å². The molecule has 0 spiro atoms. The lowest BCUT2D eigenvalue weighted by Crippen LogP contribution is -2.05. The average molecular weight is 395 g/mol. The fourth-order valence-electron chi connectivity index (χ4n) is 2.33. The molecule has 0 amide bonds. The Kier molecular flexibility index (Phi) is 5.62. The molecular formula is C19H14ClF3N2O2. The zero-order chi connectivity index (χ0) is 19.4. The van der Waals surface area contributed by atoms with E-state index < -0.39 is 11.7 Å². The van der Waals surface area contributed by atoms with Crippen molar-refractivity contribution in [2.24, 2.45) is 0 Å². The summed E-state index contributed by atoms with van der Waals surface area (Å²) in [4.78, 5) is 8.67. The number of benzene rings is 2. The first-order chi connectivity index (χ1) is 12.8. The summed E-state index contributed by atoms with van der Waals surface area (Å²) in [6.07, 6.45) is -4.46. The molecule has 0 saturated carbocycles. The van der Waals surface area contributed by atoms with Crippen LogP contribution < -0.4 is 4.74 Å². The van der Waals surface area contributed by atoms with Crippen LogP contribution in [0.1, 0.15) is 11.3 Å². The Bertz CT molecular complexity index is 931. The Morgan fingerprint density at radius 3 is 2.41 bits per heavy atom. The molecule has 140 valence electrons. The second kappa shape index (κ2) is 7.94. The zero-order valence-corrected chi connectivity index (χ0v) is 14.9. The van der Waals surface area contributed by atoms with Crippen LogP contribution in [0.3, 0.4) is 0 Å². The largest absolute Gasteiger partial charge is 0.439 e. The van der Waals surface area contributed by atoms with E-state index in [-0.39, 0.29) is 18.2 Å². The van der Waals surface area contributed by atoms with Crippen molar-refractivity contribution in [2.45, 2.75) is 12.8 Å². The molecule has 0 saturated heterocycles. The Morgan fingerprint density at radius 2 is 1.74 bits per heavy atom.